The third-order valence-corrected chi connectivity index (χ3v) is 6.45. The fourth-order valence-corrected chi connectivity index (χ4v) is 4.60. The summed E-state index contributed by atoms with van der Waals surface area (Å²) in [4.78, 5) is 17.2. The van der Waals surface area contributed by atoms with Crippen molar-refractivity contribution in [3.63, 3.8) is 0 Å². The van der Waals surface area contributed by atoms with Crippen molar-refractivity contribution in [3.05, 3.63) is 96.8 Å². The number of hydrogen-bond acceptors (Lipinski definition) is 4. The lowest BCUT2D eigenvalue weighted by atomic mass is 10.2. The Morgan fingerprint density at radius 1 is 0.938 bits per heavy atom. The number of benzene rings is 3. The molecule has 162 valence electrons. The lowest BCUT2D eigenvalue weighted by Gasteiger charge is -2.12. The highest BCUT2D eigenvalue weighted by Gasteiger charge is 2.24. The smallest absolute Gasteiger partial charge is 0.264 e. The van der Waals surface area contributed by atoms with Crippen LogP contribution in [0, 0.1) is 0 Å². The molecule has 0 radical (unpaired) electrons. The zero-order valence-electron chi connectivity index (χ0n) is 16.2. The first-order valence-corrected chi connectivity index (χ1v) is 11.6. The molecular formula is C23H14Cl4N2O2S. The van der Waals surface area contributed by atoms with Gasteiger partial charge in [0.05, 0.1) is 20.6 Å². The Balaban J connectivity index is 1.51. The molecule has 1 N–H and O–H groups in total. The maximum Gasteiger partial charge on any atom is 0.264 e. The number of rotatable bonds is 5. The Morgan fingerprint density at radius 3 is 2.31 bits per heavy atom. The van der Waals surface area contributed by atoms with Gasteiger partial charge in [-0.05, 0) is 65.9 Å². The van der Waals surface area contributed by atoms with Gasteiger partial charge in [-0.1, -0.05) is 64.6 Å². The van der Waals surface area contributed by atoms with Gasteiger partial charge in [-0.15, -0.1) is 0 Å². The van der Waals surface area contributed by atoms with Gasteiger partial charge in [-0.25, -0.2) is 4.99 Å². The monoisotopic (exact) mass is 522 g/mol. The summed E-state index contributed by atoms with van der Waals surface area (Å²) in [6, 6.07) is 17.7. The molecule has 0 spiro atoms. The standard InChI is InChI=1S/C23H14Cl4N2O2S/c24-15-5-7-16(8-6-15)28-23-29-22(30)20(32-23)11-13-9-18(26)21(19(27)10-13)31-12-14-3-1-2-4-17(14)25/h1-11H,12H2,(H,28,29,30)/b20-11-. The highest BCUT2D eigenvalue weighted by molar-refractivity contribution is 8.18. The molecule has 3 aromatic rings. The molecule has 0 bridgehead atoms. The summed E-state index contributed by atoms with van der Waals surface area (Å²) in [5.41, 5.74) is 2.17. The maximum atomic E-state index is 12.4. The van der Waals surface area contributed by atoms with Gasteiger partial charge >= 0.3 is 0 Å². The van der Waals surface area contributed by atoms with Gasteiger partial charge in [0.2, 0.25) is 0 Å². The van der Waals surface area contributed by atoms with Crippen LogP contribution in [0.5, 0.6) is 5.75 Å². The maximum absolute atomic E-state index is 12.4. The predicted molar refractivity (Wildman–Crippen MR) is 135 cm³/mol. The molecule has 0 atom stereocenters. The first kappa shape index (κ1) is 23.0. The zero-order valence-corrected chi connectivity index (χ0v) is 20.1. The average Bonchev–Trinajstić information content (AvgIpc) is 3.09. The summed E-state index contributed by atoms with van der Waals surface area (Å²) in [6.07, 6.45) is 1.69. The van der Waals surface area contributed by atoms with Crippen molar-refractivity contribution < 1.29 is 9.53 Å². The second-order valence-electron chi connectivity index (χ2n) is 6.65. The van der Waals surface area contributed by atoms with Gasteiger partial charge in [0.1, 0.15) is 6.61 Å². The molecule has 0 unspecified atom stereocenters. The Hall–Kier alpha value is -2.15. The highest BCUT2D eigenvalue weighted by Crippen LogP contribution is 2.37. The van der Waals surface area contributed by atoms with Gasteiger partial charge in [-0.3, -0.25) is 4.79 Å². The van der Waals surface area contributed by atoms with Crippen LogP contribution in [0.4, 0.5) is 5.69 Å². The van der Waals surface area contributed by atoms with E-state index in [0.717, 1.165) is 5.56 Å². The SMILES string of the molecule is O=C1NC(=Nc2ccc(Cl)cc2)S/C1=C\c1cc(Cl)c(OCc2ccccc2Cl)c(Cl)c1. The quantitative estimate of drug-likeness (QED) is 0.347. The van der Waals surface area contributed by atoms with Crippen molar-refractivity contribution in [2.45, 2.75) is 6.61 Å². The summed E-state index contributed by atoms with van der Waals surface area (Å²) in [7, 11) is 0. The summed E-state index contributed by atoms with van der Waals surface area (Å²) < 4.78 is 5.79. The molecule has 9 heteroatoms. The normalized spacial score (nSPS) is 15.9. The second-order valence-corrected chi connectivity index (χ2v) is 9.34. The predicted octanol–water partition coefficient (Wildman–Crippen LogP) is 7.77. The number of carbonyl (C=O) groups excluding carboxylic acids is 1. The molecule has 4 nitrogen and oxygen atoms in total. The number of carbonyl (C=O) groups is 1. The van der Waals surface area contributed by atoms with E-state index in [1.54, 1.807) is 48.5 Å². The molecule has 1 heterocycles. The van der Waals surface area contributed by atoms with Crippen molar-refractivity contribution in [3.8, 4) is 5.75 Å². The van der Waals surface area contributed by atoms with Crippen LogP contribution >= 0.6 is 58.2 Å². The van der Waals surface area contributed by atoms with E-state index in [1.807, 2.05) is 18.2 Å². The van der Waals surface area contributed by atoms with Gasteiger partial charge in [0.15, 0.2) is 10.9 Å². The number of nitrogens with one attached hydrogen (secondary N) is 1. The Morgan fingerprint density at radius 2 is 1.62 bits per heavy atom. The van der Waals surface area contributed by atoms with Crippen LogP contribution in [0.3, 0.4) is 0 Å². The summed E-state index contributed by atoms with van der Waals surface area (Å²) in [5, 5.41) is 5.09. The number of aliphatic imine (C=N–C) groups is 1. The molecular weight excluding hydrogens is 510 g/mol. The zero-order chi connectivity index (χ0) is 22.7. The topological polar surface area (TPSA) is 50.7 Å². The van der Waals surface area contributed by atoms with Crippen LogP contribution in [0.25, 0.3) is 6.08 Å². The Bertz CT molecular complexity index is 1220. The molecule has 1 amide bonds. The first-order chi connectivity index (χ1) is 15.4. The van der Waals surface area contributed by atoms with Gasteiger partial charge in [0.25, 0.3) is 5.91 Å². The van der Waals surface area contributed by atoms with E-state index in [-0.39, 0.29) is 12.5 Å². The number of nitrogens with zero attached hydrogens (tertiary/aromatic N) is 1. The van der Waals surface area contributed by atoms with Crippen LogP contribution in [0.1, 0.15) is 11.1 Å². The van der Waals surface area contributed by atoms with E-state index in [9.17, 15) is 4.79 Å². The molecule has 3 aromatic carbocycles. The van der Waals surface area contributed by atoms with Crippen LogP contribution in [0.2, 0.25) is 20.1 Å². The summed E-state index contributed by atoms with van der Waals surface area (Å²) in [5.74, 6) is 0.0953. The molecule has 1 saturated heterocycles. The first-order valence-electron chi connectivity index (χ1n) is 9.29. The minimum absolute atomic E-state index is 0.225. The summed E-state index contributed by atoms with van der Waals surface area (Å²) >= 11 is 26.1. The van der Waals surface area contributed by atoms with Crippen molar-refractivity contribution in [1.29, 1.82) is 0 Å². The van der Waals surface area contributed by atoms with E-state index in [1.165, 1.54) is 11.8 Å². The Kier molecular flexibility index (Phi) is 7.33. The largest absolute Gasteiger partial charge is 0.486 e. The fourth-order valence-electron chi connectivity index (χ4n) is 2.83. The van der Waals surface area contributed by atoms with E-state index in [4.69, 9.17) is 51.1 Å². The van der Waals surface area contributed by atoms with Gasteiger partial charge in [0, 0.05) is 15.6 Å². The Labute approximate surface area is 209 Å². The number of amidine groups is 1. The van der Waals surface area contributed by atoms with Gasteiger partial charge < -0.3 is 10.1 Å². The van der Waals surface area contributed by atoms with E-state index < -0.39 is 0 Å². The molecule has 0 aromatic heterocycles. The lowest BCUT2D eigenvalue weighted by Crippen LogP contribution is -2.19. The third kappa shape index (κ3) is 5.61. The van der Waals surface area contributed by atoms with Crippen LogP contribution in [0.15, 0.2) is 70.6 Å². The molecule has 1 aliphatic heterocycles. The molecule has 1 fully saturated rings. The fraction of sp³-hybridized carbons (Fsp3) is 0.0435. The van der Waals surface area contributed by atoms with Crippen molar-refractivity contribution in [2.24, 2.45) is 4.99 Å². The van der Waals surface area contributed by atoms with E-state index in [0.29, 0.717) is 47.2 Å². The number of halogens is 4. The van der Waals surface area contributed by atoms with Crippen molar-refractivity contribution >= 4 is 81.0 Å². The highest BCUT2D eigenvalue weighted by atomic mass is 35.5. The number of ether oxygens (including phenoxy) is 1. The van der Waals surface area contributed by atoms with Crippen molar-refractivity contribution in [2.75, 3.05) is 0 Å². The van der Waals surface area contributed by atoms with Crippen molar-refractivity contribution in [1.82, 2.24) is 5.32 Å². The lowest BCUT2D eigenvalue weighted by molar-refractivity contribution is -0.115. The molecule has 0 saturated carbocycles. The molecule has 32 heavy (non-hydrogen) atoms. The molecule has 4 rings (SSSR count). The van der Waals surface area contributed by atoms with Crippen LogP contribution < -0.4 is 10.1 Å². The average molecular weight is 524 g/mol. The number of hydrogen-bond donors (Lipinski definition) is 1. The molecule has 1 aliphatic rings. The number of thioether (sulfide) groups is 1. The number of amides is 1. The molecule has 0 aliphatic carbocycles. The second kappa shape index (κ2) is 10.2. The van der Waals surface area contributed by atoms with E-state index >= 15 is 0 Å². The van der Waals surface area contributed by atoms with Crippen LogP contribution in [-0.4, -0.2) is 11.1 Å². The summed E-state index contributed by atoms with van der Waals surface area (Å²) in [6.45, 7) is 0.225. The minimum atomic E-state index is -0.256. The third-order valence-electron chi connectivity index (χ3n) is 4.36. The van der Waals surface area contributed by atoms with Gasteiger partial charge in [-0.2, -0.15) is 0 Å². The van der Waals surface area contributed by atoms with E-state index in [2.05, 4.69) is 10.3 Å². The van der Waals surface area contributed by atoms with Crippen LogP contribution in [-0.2, 0) is 11.4 Å². The minimum Gasteiger partial charge on any atom is -0.486 e.